The van der Waals surface area contributed by atoms with Crippen LogP contribution in [0.3, 0.4) is 0 Å². The zero-order valence-electron chi connectivity index (χ0n) is 32.8. The van der Waals surface area contributed by atoms with Gasteiger partial charge in [0.1, 0.15) is 0 Å². The van der Waals surface area contributed by atoms with Gasteiger partial charge in [0.2, 0.25) is 0 Å². The van der Waals surface area contributed by atoms with Crippen molar-refractivity contribution in [1.29, 1.82) is 0 Å². The number of aryl methyl sites for hydroxylation is 2. The van der Waals surface area contributed by atoms with Gasteiger partial charge in [0.15, 0.2) is 6.47 Å². The number of hydrogen-bond acceptors (Lipinski definition) is 9. The molecule has 14 heteroatoms. The van der Waals surface area contributed by atoms with Crippen LogP contribution in [0.4, 0.5) is 0 Å². The van der Waals surface area contributed by atoms with Crippen LogP contribution in [-0.2, 0) is 37.1 Å². The molecule has 1 N–H and O–H groups in total. The number of ether oxygens (including phenoxy) is 1. The van der Waals surface area contributed by atoms with E-state index < -0.39 is 5.97 Å². The first-order valence-electron chi connectivity index (χ1n) is 18.5. The van der Waals surface area contributed by atoms with Gasteiger partial charge in [0, 0.05) is 24.8 Å². The number of carbonyl (C=O) groups is 1. The molecule has 0 spiro atoms. The van der Waals surface area contributed by atoms with Gasteiger partial charge in [0.25, 0.3) is 0 Å². The van der Waals surface area contributed by atoms with Gasteiger partial charge in [-0.15, -0.1) is 0 Å². The molecule has 294 valence electrons. The van der Waals surface area contributed by atoms with E-state index in [0.29, 0.717) is 11.4 Å². The first-order valence-corrected chi connectivity index (χ1v) is 19.3. The van der Waals surface area contributed by atoms with Crippen LogP contribution in [-0.4, -0.2) is 47.8 Å². The average molecular weight is 892 g/mol. The van der Waals surface area contributed by atoms with E-state index in [1.807, 2.05) is 12.4 Å². The van der Waals surface area contributed by atoms with Gasteiger partial charge in [-0.05, 0) is 79.0 Å². The zero-order chi connectivity index (χ0) is 39.7. The van der Waals surface area contributed by atoms with Gasteiger partial charge >= 0.3 is 55.0 Å². The van der Waals surface area contributed by atoms with E-state index in [2.05, 4.69) is 87.2 Å². The maximum absolute atomic E-state index is 10.8. The molecule has 0 unspecified atom stereocenters. The minimum Gasteiger partial charge on any atom is -0.753 e. The molecule has 0 radical (unpaired) electrons. The van der Waals surface area contributed by atoms with E-state index in [4.69, 9.17) is 15.9 Å². The van der Waals surface area contributed by atoms with Gasteiger partial charge in [-0.1, -0.05) is 127 Å². The third-order valence-electron chi connectivity index (χ3n) is 8.21. The predicted molar refractivity (Wildman–Crippen MR) is 224 cm³/mol. The summed E-state index contributed by atoms with van der Waals surface area (Å²) in [5.74, 6) is -0.787. The maximum atomic E-state index is 10.8. The van der Waals surface area contributed by atoms with E-state index in [0.717, 1.165) is 24.2 Å². The Morgan fingerprint density at radius 1 is 0.643 bits per heavy atom. The molecule has 0 aliphatic heterocycles. The fourth-order valence-corrected chi connectivity index (χ4v) is 5.48. The molecule has 0 amide bonds. The van der Waals surface area contributed by atoms with Crippen LogP contribution in [0.15, 0.2) is 73.3 Å². The number of unbranched alkanes of at least 4 members (excludes halogenated alkanes) is 12. The largest absolute Gasteiger partial charge is 2.00 e. The van der Waals surface area contributed by atoms with Crippen molar-refractivity contribution in [1.82, 2.24) is 19.9 Å². The summed E-state index contributed by atoms with van der Waals surface area (Å²) in [7, 11) is 0. The van der Waals surface area contributed by atoms with Crippen LogP contribution in [0.1, 0.15) is 125 Å². The van der Waals surface area contributed by atoms with Gasteiger partial charge in [0.05, 0.1) is 28.3 Å². The second-order valence-electron chi connectivity index (χ2n) is 12.3. The summed E-state index contributed by atoms with van der Waals surface area (Å²) in [4.78, 5) is 38.2. The number of aromatic carboxylic acids is 1. The van der Waals surface area contributed by atoms with Crippen LogP contribution in [0.25, 0.3) is 33.6 Å². The van der Waals surface area contributed by atoms with Crippen molar-refractivity contribution in [3.05, 3.63) is 101 Å². The minimum atomic E-state index is -1.05. The number of aromatic nitrogens is 4. The van der Waals surface area contributed by atoms with Gasteiger partial charge in [-0.25, -0.2) is 4.79 Å². The van der Waals surface area contributed by atoms with E-state index in [-0.39, 0.29) is 60.3 Å². The Morgan fingerprint density at radius 2 is 1.00 bits per heavy atom. The molecular formula is C42H51N6NaO4RuS2. The second-order valence-corrected chi connectivity index (χ2v) is 12.7. The molecule has 0 aliphatic rings. The van der Waals surface area contributed by atoms with Crippen LogP contribution < -0.4 is 34.3 Å². The predicted octanol–water partition coefficient (Wildman–Crippen LogP) is 8.34. The minimum absolute atomic E-state index is 0. The van der Waals surface area contributed by atoms with Gasteiger partial charge in [-0.3, -0.25) is 19.9 Å². The van der Waals surface area contributed by atoms with Crippen molar-refractivity contribution in [2.45, 2.75) is 117 Å². The molecule has 4 aromatic rings. The fourth-order valence-electron chi connectivity index (χ4n) is 5.48. The molecule has 0 saturated carbocycles. The SMILES string of the molecule is CCCCCCCCCc1ccnc(-c2cc(CCCCCCCCC)ccn2)c1.O=[C-]Oc1ccnc(-c2cc(C(=O)O)ccn2)c1.[N-]=C=S.[N-]=C=S.[Na+].[Ru+2]. The summed E-state index contributed by atoms with van der Waals surface area (Å²) in [6, 6.07) is 14.6. The average Bonchev–Trinajstić information content (AvgIpc) is 3.19. The number of hydrogen-bond donors (Lipinski definition) is 1. The fraction of sp³-hybridized carbons (Fsp3) is 0.429. The van der Waals surface area contributed by atoms with Crippen LogP contribution in [0, 0.1) is 0 Å². The Balaban J connectivity index is 0. The zero-order valence-corrected chi connectivity index (χ0v) is 38.1. The van der Waals surface area contributed by atoms with E-state index >= 15 is 0 Å². The number of pyridine rings is 4. The Labute approximate surface area is 378 Å². The molecule has 0 atom stereocenters. The third kappa shape index (κ3) is 25.8. The number of isothiocyanates is 2. The Bertz CT molecular complexity index is 1650. The molecule has 4 aromatic heterocycles. The first kappa shape index (κ1) is 54.9. The number of carboxylic acids is 1. The van der Waals surface area contributed by atoms with E-state index in [1.54, 1.807) is 0 Å². The van der Waals surface area contributed by atoms with Gasteiger partial charge < -0.3 is 25.5 Å². The summed E-state index contributed by atoms with van der Waals surface area (Å²) in [6.45, 7) is 5.86. The smallest absolute Gasteiger partial charge is 0.753 e. The number of carboxylic acid groups (broad SMARTS) is 1. The molecule has 0 aliphatic carbocycles. The van der Waals surface area contributed by atoms with Crippen LogP contribution in [0.2, 0.25) is 0 Å². The Morgan fingerprint density at radius 3 is 1.41 bits per heavy atom. The molecule has 4 heterocycles. The first-order chi connectivity index (χ1) is 26.4. The quantitative estimate of drug-likeness (QED) is 0.0283. The molecule has 56 heavy (non-hydrogen) atoms. The molecule has 0 fully saturated rings. The summed E-state index contributed by atoms with van der Waals surface area (Å²) in [5.41, 5.74) is 5.74. The Kier molecular flexibility index (Phi) is 36.6. The summed E-state index contributed by atoms with van der Waals surface area (Å²) >= 11 is 7.40. The van der Waals surface area contributed by atoms with Crippen LogP contribution >= 0.6 is 24.4 Å². The van der Waals surface area contributed by atoms with Crippen molar-refractivity contribution >= 4 is 47.2 Å². The Hall–Kier alpha value is -3.24. The maximum Gasteiger partial charge on any atom is 2.00 e. The van der Waals surface area contributed by atoms with Crippen molar-refractivity contribution < 1.29 is 68.5 Å². The van der Waals surface area contributed by atoms with Gasteiger partial charge in [-0.2, -0.15) is 10.3 Å². The normalized spacial score (nSPS) is 9.39. The van der Waals surface area contributed by atoms with Crippen LogP contribution in [0.5, 0.6) is 5.75 Å². The van der Waals surface area contributed by atoms with Crippen molar-refractivity contribution in [3.8, 4) is 28.5 Å². The topological polar surface area (TPSA) is 160 Å². The summed E-state index contributed by atoms with van der Waals surface area (Å²) < 4.78 is 4.56. The molecular weight excluding hydrogens is 841 g/mol. The van der Waals surface area contributed by atoms with Crippen molar-refractivity contribution in [3.63, 3.8) is 0 Å². The monoisotopic (exact) mass is 892 g/mol. The standard InChI is InChI=1S/C28H44N2.C12H7N2O4.2CNS.Na.Ru/c1-3-5-7-9-11-13-15-17-25-19-21-29-27(23-25)28-24-26(20-22-30-28)18-16-14-12-10-8-6-4-2;15-7-18-9-2-4-14-11(6-9)10-5-8(12(16)17)1-3-13-10;2*2-1-3;;/h19-24H,3-18H2,1-2H3;1-6H,(H,16,17);;;;/q;3*-1;+1;+2. The summed E-state index contributed by atoms with van der Waals surface area (Å²) in [5, 5.41) is 25.8. The number of thiocarbonyl (C=S) groups is 2. The summed E-state index contributed by atoms with van der Waals surface area (Å²) in [6.07, 6.45) is 28.0. The molecule has 0 bridgehead atoms. The molecule has 10 nitrogen and oxygen atoms in total. The molecule has 0 aromatic carbocycles. The number of nitrogens with zero attached hydrogens (tertiary/aromatic N) is 6. The number of rotatable bonds is 21. The molecule has 0 saturated heterocycles. The van der Waals surface area contributed by atoms with Crippen molar-refractivity contribution in [2.75, 3.05) is 0 Å². The van der Waals surface area contributed by atoms with E-state index in [9.17, 15) is 9.59 Å². The third-order valence-corrected chi connectivity index (χ3v) is 8.21. The second kappa shape index (κ2) is 37.3. The van der Waals surface area contributed by atoms with E-state index in [1.165, 1.54) is 154 Å². The van der Waals surface area contributed by atoms with Crippen molar-refractivity contribution in [2.24, 2.45) is 0 Å². The molecule has 4 rings (SSSR count). The number of carbonyl (C=O) groups excluding carboxylic acids is 1.